The van der Waals surface area contributed by atoms with Crippen molar-refractivity contribution in [3.8, 4) is 0 Å². The molecule has 0 saturated carbocycles. The average molecular weight is 1050 g/mol. The fourth-order valence-electron chi connectivity index (χ4n) is 7.40. The van der Waals surface area contributed by atoms with Crippen LogP contribution in [-0.2, 0) is 88.2 Å². The number of rotatable bonds is 60. The van der Waals surface area contributed by atoms with Gasteiger partial charge in [-0.05, 0) is 38.5 Å². The first-order valence-corrected chi connectivity index (χ1v) is 29.7. The number of hydrogen-bond acceptors (Lipinski definition) is 19. The van der Waals surface area contributed by atoms with Crippen molar-refractivity contribution in [3.05, 3.63) is 0 Å². The van der Waals surface area contributed by atoms with Gasteiger partial charge in [-0.3, -0.25) is 4.79 Å². The summed E-state index contributed by atoms with van der Waals surface area (Å²) < 4.78 is 105. The lowest BCUT2D eigenvalue weighted by Gasteiger charge is -2.36. The first-order chi connectivity index (χ1) is 34.4. The van der Waals surface area contributed by atoms with Gasteiger partial charge in [-0.2, -0.15) is 0 Å². The molecular formula is C49H102O19Si2. The molecule has 0 amide bonds. The van der Waals surface area contributed by atoms with E-state index in [1.54, 1.807) is 42.7 Å². The van der Waals surface area contributed by atoms with Crippen LogP contribution in [0.2, 0.25) is 11.1 Å². The zero-order valence-corrected chi connectivity index (χ0v) is 47.3. The lowest BCUT2D eigenvalue weighted by molar-refractivity contribution is -0.119. The molecule has 0 spiro atoms. The number of ketones is 1. The maximum atomic E-state index is 13.0. The Morgan fingerprint density at radius 1 is 0.300 bits per heavy atom. The van der Waals surface area contributed by atoms with Gasteiger partial charge in [-0.25, -0.2) is 0 Å². The molecule has 0 aliphatic heterocycles. The lowest BCUT2D eigenvalue weighted by atomic mass is 10.0. The SMILES string of the molecule is CCC(CCCCCCC(=O)CCCCCCC(CC)[Si](OCCOCCOC)(OCCOCCOC)OCCOCCOC)[Si](OCCOCCOC)(OCCOCCOC)OCCOCCOC. The van der Waals surface area contributed by atoms with E-state index in [1.165, 1.54) is 0 Å². The Balaban J connectivity index is 5.26. The summed E-state index contributed by atoms with van der Waals surface area (Å²) in [6, 6.07) is 0. The highest BCUT2D eigenvalue weighted by Crippen LogP contribution is 2.36. The first-order valence-electron chi connectivity index (χ1n) is 26.1. The summed E-state index contributed by atoms with van der Waals surface area (Å²) in [6.45, 7) is 14.8. The standard InChI is InChI=1S/C49H102O19Si2/c1-9-48(69(63-41-35-57-29-23-51-3,64-42-36-58-30-24-52-4)65-43-37-59-31-25-53-5)21-17-13-11-15-19-47(50)20-16-12-14-18-22-49(10-2)70(66-44-38-60-32-26-54-6,67-45-39-61-33-27-55-7)68-46-40-62-34-28-56-8/h48-49H,9-46H2,1-8H3. The first kappa shape index (κ1) is 69.4. The van der Waals surface area contributed by atoms with E-state index >= 15 is 0 Å². The molecule has 0 aromatic heterocycles. The third kappa shape index (κ3) is 38.9. The van der Waals surface area contributed by atoms with Crippen molar-refractivity contribution < 1.29 is 88.2 Å². The zero-order chi connectivity index (χ0) is 51.3. The number of Topliss-reactive ketones (excluding diaryl/α,β-unsaturated/α-hetero) is 1. The van der Waals surface area contributed by atoms with Gasteiger partial charge in [0.05, 0.1) is 159 Å². The highest BCUT2D eigenvalue weighted by atomic mass is 28.4. The van der Waals surface area contributed by atoms with Gasteiger partial charge in [0.15, 0.2) is 0 Å². The third-order valence-corrected chi connectivity index (χ3v) is 18.3. The van der Waals surface area contributed by atoms with Crippen LogP contribution in [0.1, 0.15) is 104 Å². The fraction of sp³-hybridized carbons (Fsp3) is 0.980. The molecule has 21 heteroatoms. The van der Waals surface area contributed by atoms with Crippen LogP contribution < -0.4 is 0 Å². The third-order valence-electron chi connectivity index (χ3n) is 11.3. The van der Waals surface area contributed by atoms with Crippen LogP contribution in [0, 0.1) is 0 Å². The highest BCUT2D eigenvalue weighted by Gasteiger charge is 2.49. The Bertz CT molecular complexity index is 915. The summed E-state index contributed by atoms with van der Waals surface area (Å²) in [5.41, 5.74) is 0.153. The minimum absolute atomic E-state index is 0.0764. The van der Waals surface area contributed by atoms with Crippen LogP contribution in [0.15, 0.2) is 0 Å². The van der Waals surface area contributed by atoms with Crippen molar-refractivity contribution >= 4 is 23.4 Å². The van der Waals surface area contributed by atoms with Gasteiger partial charge in [0.25, 0.3) is 0 Å². The van der Waals surface area contributed by atoms with E-state index in [2.05, 4.69) is 13.8 Å². The second-order valence-corrected chi connectivity index (χ2v) is 22.4. The molecule has 0 aromatic carbocycles. The van der Waals surface area contributed by atoms with Crippen molar-refractivity contribution in [2.75, 3.05) is 201 Å². The van der Waals surface area contributed by atoms with E-state index < -0.39 is 17.6 Å². The Morgan fingerprint density at radius 3 is 0.729 bits per heavy atom. The minimum atomic E-state index is -3.22. The topological polar surface area (TPSA) is 183 Å². The largest absolute Gasteiger partial charge is 0.504 e. The van der Waals surface area contributed by atoms with Crippen LogP contribution in [-0.4, -0.2) is 225 Å². The van der Waals surface area contributed by atoms with Gasteiger partial charge in [-0.15, -0.1) is 0 Å². The number of unbranched alkanes of at least 4 members (excludes halogenated alkanes) is 6. The van der Waals surface area contributed by atoms with Gasteiger partial charge in [0.1, 0.15) is 5.78 Å². The molecule has 0 radical (unpaired) electrons. The summed E-state index contributed by atoms with van der Waals surface area (Å²) in [4.78, 5) is 13.0. The van der Waals surface area contributed by atoms with E-state index in [0.29, 0.717) is 177 Å². The smallest absolute Gasteiger partial charge is 0.382 e. The van der Waals surface area contributed by atoms with Gasteiger partial charge in [0.2, 0.25) is 0 Å². The number of ether oxygens (including phenoxy) is 12. The van der Waals surface area contributed by atoms with Crippen molar-refractivity contribution in [1.29, 1.82) is 0 Å². The molecule has 0 saturated heterocycles. The van der Waals surface area contributed by atoms with E-state index in [-0.39, 0.29) is 11.1 Å². The molecule has 2 atom stereocenters. The fourth-order valence-corrected chi connectivity index (χ4v) is 13.6. The van der Waals surface area contributed by atoms with Gasteiger partial charge >= 0.3 is 17.6 Å². The quantitative estimate of drug-likeness (QED) is 0.0460. The normalized spacial score (nSPS) is 13.1. The molecule has 70 heavy (non-hydrogen) atoms. The maximum absolute atomic E-state index is 13.0. The van der Waals surface area contributed by atoms with Gasteiger partial charge < -0.3 is 83.4 Å². The lowest BCUT2D eigenvalue weighted by Crippen LogP contribution is -2.52. The summed E-state index contributed by atoms with van der Waals surface area (Å²) in [5.74, 6) is 0.336. The van der Waals surface area contributed by atoms with Gasteiger partial charge in [0, 0.05) is 66.6 Å². The summed E-state index contributed by atoms with van der Waals surface area (Å²) >= 11 is 0. The molecule has 0 aliphatic carbocycles. The molecule has 420 valence electrons. The Hall–Kier alpha value is -0.616. The molecule has 0 rings (SSSR count). The number of carbonyl (C=O) groups is 1. The van der Waals surface area contributed by atoms with Crippen LogP contribution in [0.25, 0.3) is 0 Å². The van der Waals surface area contributed by atoms with E-state index in [0.717, 1.165) is 77.0 Å². The summed E-state index contributed by atoms with van der Waals surface area (Å²) in [6.07, 6.45) is 12.4. The molecule has 0 aromatic rings. The number of carbonyl (C=O) groups excluding carboxylic acids is 1. The second-order valence-electron chi connectivity index (χ2n) is 16.6. The Morgan fingerprint density at radius 2 is 0.514 bits per heavy atom. The van der Waals surface area contributed by atoms with E-state index in [4.69, 9.17) is 83.4 Å². The molecular weight excluding hydrogens is 949 g/mol. The molecule has 0 bridgehead atoms. The number of hydrogen-bond donors (Lipinski definition) is 0. The van der Waals surface area contributed by atoms with Gasteiger partial charge in [-0.1, -0.05) is 52.4 Å². The predicted molar refractivity (Wildman–Crippen MR) is 272 cm³/mol. The van der Waals surface area contributed by atoms with Crippen molar-refractivity contribution in [2.24, 2.45) is 0 Å². The van der Waals surface area contributed by atoms with E-state index in [1.807, 2.05) is 0 Å². The zero-order valence-electron chi connectivity index (χ0n) is 45.3. The van der Waals surface area contributed by atoms with Crippen LogP contribution >= 0.6 is 0 Å². The average Bonchev–Trinajstić information content (AvgIpc) is 3.37. The second kappa shape index (κ2) is 53.2. The highest BCUT2D eigenvalue weighted by molar-refractivity contribution is 6.62. The molecule has 0 N–H and O–H groups in total. The molecule has 0 fully saturated rings. The molecule has 19 nitrogen and oxygen atoms in total. The Kier molecular flexibility index (Phi) is 52.7. The summed E-state index contributed by atoms with van der Waals surface area (Å²) in [7, 11) is 3.45. The Labute approximate surface area is 426 Å². The monoisotopic (exact) mass is 1050 g/mol. The van der Waals surface area contributed by atoms with Crippen molar-refractivity contribution in [3.63, 3.8) is 0 Å². The van der Waals surface area contributed by atoms with Crippen molar-refractivity contribution in [1.82, 2.24) is 0 Å². The van der Waals surface area contributed by atoms with E-state index in [9.17, 15) is 4.79 Å². The molecule has 0 heterocycles. The van der Waals surface area contributed by atoms with Crippen molar-refractivity contribution in [2.45, 2.75) is 115 Å². The maximum Gasteiger partial charge on any atom is 0.504 e. The van der Waals surface area contributed by atoms with Crippen LogP contribution in [0.4, 0.5) is 0 Å². The molecule has 0 aliphatic rings. The minimum Gasteiger partial charge on any atom is -0.382 e. The summed E-state index contributed by atoms with van der Waals surface area (Å²) in [5, 5.41) is 0. The number of methoxy groups -OCH3 is 6. The van der Waals surface area contributed by atoms with Crippen LogP contribution in [0.3, 0.4) is 0 Å². The molecule has 2 unspecified atom stereocenters. The predicted octanol–water partition coefficient (Wildman–Crippen LogP) is 6.75. The van der Waals surface area contributed by atoms with Crippen LogP contribution in [0.5, 0.6) is 0 Å².